The summed E-state index contributed by atoms with van der Waals surface area (Å²) in [7, 11) is 0. The first kappa shape index (κ1) is 8.97. The summed E-state index contributed by atoms with van der Waals surface area (Å²) in [6.07, 6.45) is 0. The third-order valence-electron chi connectivity index (χ3n) is 2.37. The molecule has 0 amide bonds. The molecule has 1 rings (SSSR count). The van der Waals surface area contributed by atoms with E-state index in [1.807, 2.05) is 20.8 Å². The van der Waals surface area contributed by atoms with Gasteiger partial charge in [-0.05, 0) is 5.41 Å². The Labute approximate surface area is 68.0 Å². The summed E-state index contributed by atoms with van der Waals surface area (Å²) in [6, 6.07) is -0.142. The van der Waals surface area contributed by atoms with E-state index in [1.54, 1.807) is 0 Å². The van der Waals surface area contributed by atoms with Crippen molar-refractivity contribution in [2.75, 3.05) is 13.1 Å². The Morgan fingerprint density at radius 2 is 1.91 bits per heavy atom. The molecule has 66 valence electrons. The van der Waals surface area contributed by atoms with Crippen molar-refractivity contribution in [2.24, 2.45) is 11.1 Å². The van der Waals surface area contributed by atoms with Gasteiger partial charge in [-0.2, -0.15) is 0 Å². The highest BCUT2D eigenvalue weighted by Crippen LogP contribution is 2.28. The van der Waals surface area contributed by atoms with Crippen LogP contribution in [0.3, 0.4) is 0 Å². The molecule has 0 aromatic rings. The average Bonchev–Trinajstić information content (AvgIpc) is 1.79. The largest absolute Gasteiger partial charge is 0.386 e. The van der Waals surface area contributed by atoms with E-state index >= 15 is 0 Å². The van der Waals surface area contributed by atoms with Crippen LogP contribution in [0, 0.1) is 5.41 Å². The highest BCUT2D eigenvalue weighted by atomic mass is 16.3. The maximum absolute atomic E-state index is 9.83. The number of rotatable bonds is 1. The predicted octanol–water partition coefficient (Wildman–Crippen LogP) is -0.306. The fourth-order valence-electron chi connectivity index (χ4n) is 1.41. The highest BCUT2D eigenvalue weighted by Gasteiger charge is 2.45. The first-order valence-electron chi connectivity index (χ1n) is 4.05. The van der Waals surface area contributed by atoms with Crippen LogP contribution in [-0.2, 0) is 0 Å². The lowest BCUT2D eigenvalue weighted by atomic mass is 9.74. The van der Waals surface area contributed by atoms with Crippen LogP contribution in [0.25, 0.3) is 0 Å². The lowest BCUT2D eigenvalue weighted by molar-refractivity contribution is -0.0604. The summed E-state index contributed by atoms with van der Waals surface area (Å²) in [6.45, 7) is 7.41. The molecule has 4 N–H and O–H groups in total. The molecule has 1 unspecified atom stereocenters. The fourth-order valence-corrected chi connectivity index (χ4v) is 1.41. The van der Waals surface area contributed by atoms with Gasteiger partial charge < -0.3 is 16.2 Å². The monoisotopic (exact) mass is 158 g/mol. The molecule has 1 atom stereocenters. The second kappa shape index (κ2) is 2.44. The minimum atomic E-state index is -0.668. The predicted molar refractivity (Wildman–Crippen MR) is 45.2 cm³/mol. The van der Waals surface area contributed by atoms with Crippen LogP contribution in [0.5, 0.6) is 0 Å². The molecule has 1 aliphatic heterocycles. The van der Waals surface area contributed by atoms with Crippen LogP contribution in [-0.4, -0.2) is 29.8 Å². The molecule has 1 heterocycles. The number of nitrogens with one attached hydrogen (secondary N) is 1. The summed E-state index contributed by atoms with van der Waals surface area (Å²) >= 11 is 0. The van der Waals surface area contributed by atoms with Gasteiger partial charge in [-0.15, -0.1) is 0 Å². The topological polar surface area (TPSA) is 58.3 Å². The van der Waals surface area contributed by atoms with Gasteiger partial charge >= 0.3 is 0 Å². The van der Waals surface area contributed by atoms with E-state index in [4.69, 9.17) is 5.73 Å². The Morgan fingerprint density at radius 3 is 2.00 bits per heavy atom. The number of aliphatic hydroxyl groups is 1. The van der Waals surface area contributed by atoms with Crippen LogP contribution in [0.1, 0.15) is 20.8 Å². The first-order chi connectivity index (χ1) is 4.86. The fraction of sp³-hybridized carbons (Fsp3) is 1.00. The van der Waals surface area contributed by atoms with E-state index in [0.717, 1.165) is 0 Å². The van der Waals surface area contributed by atoms with Gasteiger partial charge in [0.05, 0.1) is 0 Å². The standard InChI is InChI=1S/C8H18N2O/c1-7(2,3)6(9)8(11)4-10-5-8/h6,10-11H,4-5,9H2,1-3H3. The Morgan fingerprint density at radius 1 is 1.45 bits per heavy atom. The molecule has 3 heteroatoms. The van der Waals surface area contributed by atoms with Crippen LogP contribution in [0.4, 0.5) is 0 Å². The second-order valence-corrected chi connectivity index (χ2v) is 4.55. The molecule has 0 aliphatic carbocycles. The Hall–Kier alpha value is -0.120. The van der Waals surface area contributed by atoms with Crippen molar-refractivity contribution in [1.29, 1.82) is 0 Å². The van der Waals surface area contributed by atoms with E-state index in [-0.39, 0.29) is 11.5 Å². The molecular weight excluding hydrogens is 140 g/mol. The first-order valence-corrected chi connectivity index (χ1v) is 4.05. The SMILES string of the molecule is CC(C)(C)C(N)C1(O)CNC1. The molecule has 0 bridgehead atoms. The molecule has 0 aromatic heterocycles. The van der Waals surface area contributed by atoms with E-state index in [0.29, 0.717) is 13.1 Å². The van der Waals surface area contributed by atoms with E-state index in [1.165, 1.54) is 0 Å². The van der Waals surface area contributed by atoms with Crippen LogP contribution in [0.15, 0.2) is 0 Å². The lowest BCUT2D eigenvalue weighted by Crippen LogP contribution is -2.71. The van der Waals surface area contributed by atoms with Crippen molar-refractivity contribution in [3.8, 4) is 0 Å². The van der Waals surface area contributed by atoms with Crippen molar-refractivity contribution < 1.29 is 5.11 Å². The second-order valence-electron chi connectivity index (χ2n) is 4.55. The third kappa shape index (κ3) is 1.55. The van der Waals surface area contributed by atoms with Gasteiger partial charge in [-0.25, -0.2) is 0 Å². The summed E-state index contributed by atoms with van der Waals surface area (Å²) in [5.74, 6) is 0. The minimum Gasteiger partial charge on any atom is -0.386 e. The van der Waals surface area contributed by atoms with Gasteiger partial charge in [-0.3, -0.25) is 0 Å². The quantitative estimate of drug-likeness (QED) is 0.491. The molecule has 0 saturated carbocycles. The van der Waals surface area contributed by atoms with Crippen molar-refractivity contribution in [1.82, 2.24) is 5.32 Å². The molecule has 1 fully saturated rings. The van der Waals surface area contributed by atoms with Crippen molar-refractivity contribution in [2.45, 2.75) is 32.4 Å². The molecule has 1 saturated heterocycles. The molecule has 0 spiro atoms. The zero-order chi connectivity index (χ0) is 8.70. The van der Waals surface area contributed by atoms with Gasteiger partial charge in [0.1, 0.15) is 5.60 Å². The zero-order valence-electron chi connectivity index (χ0n) is 7.52. The normalized spacial score (nSPS) is 25.9. The Bertz CT molecular complexity index is 147. The van der Waals surface area contributed by atoms with E-state index in [2.05, 4.69) is 5.32 Å². The van der Waals surface area contributed by atoms with Crippen LogP contribution < -0.4 is 11.1 Å². The summed E-state index contributed by atoms with van der Waals surface area (Å²) < 4.78 is 0. The van der Waals surface area contributed by atoms with Crippen molar-refractivity contribution in [3.05, 3.63) is 0 Å². The maximum Gasteiger partial charge on any atom is 0.105 e. The lowest BCUT2D eigenvalue weighted by Gasteiger charge is -2.47. The number of hydrogen-bond acceptors (Lipinski definition) is 3. The van der Waals surface area contributed by atoms with Gasteiger partial charge in [0.2, 0.25) is 0 Å². The summed E-state index contributed by atoms with van der Waals surface area (Å²) in [4.78, 5) is 0. The molecule has 0 radical (unpaired) electrons. The summed E-state index contributed by atoms with van der Waals surface area (Å²) in [5.41, 5.74) is 5.21. The highest BCUT2D eigenvalue weighted by molar-refractivity contribution is 5.04. The van der Waals surface area contributed by atoms with Crippen LogP contribution >= 0.6 is 0 Å². The van der Waals surface area contributed by atoms with E-state index < -0.39 is 5.60 Å². The van der Waals surface area contributed by atoms with Gasteiger partial charge in [-0.1, -0.05) is 20.8 Å². The molecule has 3 nitrogen and oxygen atoms in total. The third-order valence-corrected chi connectivity index (χ3v) is 2.37. The van der Waals surface area contributed by atoms with E-state index in [9.17, 15) is 5.11 Å². The molecular formula is C8H18N2O. The maximum atomic E-state index is 9.83. The Balaban J connectivity index is 2.60. The Kier molecular flexibility index (Phi) is 1.99. The number of hydrogen-bond donors (Lipinski definition) is 3. The molecule has 11 heavy (non-hydrogen) atoms. The number of nitrogens with two attached hydrogens (primary N) is 1. The zero-order valence-corrected chi connectivity index (χ0v) is 7.52. The van der Waals surface area contributed by atoms with Gasteiger partial charge in [0, 0.05) is 19.1 Å². The molecule has 1 aliphatic rings. The molecule has 0 aromatic carbocycles. The van der Waals surface area contributed by atoms with Gasteiger partial charge in [0.25, 0.3) is 0 Å². The number of β-amino-alcohol motifs (C(OH)–C–C–N with tert-alkyl or cyclic N) is 1. The smallest absolute Gasteiger partial charge is 0.105 e. The summed E-state index contributed by atoms with van der Waals surface area (Å²) in [5, 5.41) is 12.9. The van der Waals surface area contributed by atoms with Crippen molar-refractivity contribution in [3.63, 3.8) is 0 Å². The van der Waals surface area contributed by atoms with Gasteiger partial charge in [0.15, 0.2) is 0 Å². The van der Waals surface area contributed by atoms with Crippen LogP contribution in [0.2, 0.25) is 0 Å². The average molecular weight is 158 g/mol. The minimum absolute atomic E-state index is 0.0170. The van der Waals surface area contributed by atoms with Crippen molar-refractivity contribution >= 4 is 0 Å².